The van der Waals surface area contributed by atoms with Gasteiger partial charge in [-0.05, 0) is 32.9 Å². The minimum absolute atomic E-state index is 0.0237. The van der Waals surface area contributed by atoms with Crippen LogP contribution in [0.5, 0.6) is 0 Å². The molecule has 5 nitrogen and oxygen atoms in total. The number of anilines is 1. The Morgan fingerprint density at radius 2 is 2.00 bits per heavy atom. The minimum Gasteiger partial charge on any atom is -0.465 e. The van der Waals surface area contributed by atoms with Gasteiger partial charge in [0.1, 0.15) is 18.1 Å². The molecule has 0 atom stereocenters. The topological polar surface area (TPSA) is 59.5 Å². The van der Waals surface area contributed by atoms with Crippen LogP contribution in [-0.4, -0.2) is 30.0 Å². The standard InChI is InChI=1S/C16H17FN2O3S/c1-4-22-14(20)9-19(13-8-6-5-7-12(13)17)16(21)15-10(2)23-11(3)18-15/h5-8H,4,9H2,1-3H3. The number of aromatic nitrogens is 1. The summed E-state index contributed by atoms with van der Waals surface area (Å²) in [6.45, 7) is 5.03. The van der Waals surface area contributed by atoms with Crippen molar-refractivity contribution in [2.45, 2.75) is 20.8 Å². The van der Waals surface area contributed by atoms with Crippen LogP contribution in [0.15, 0.2) is 24.3 Å². The number of thiazole rings is 1. The van der Waals surface area contributed by atoms with Gasteiger partial charge in [0.2, 0.25) is 0 Å². The molecule has 0 aliphatic heterocycles. The van der Waals surface area contributed by atoms with Crippen LogP contribution >= 0.6 is 11.3 Å². The summed E-state index contributed by atoms with van der Waals surface area (Å²) in [7, 11) is 0. The zero-order chi connectivity index (χ0) is 17.0. The van der Waals surface area contributed by atoms with E-state index in [0.29, 0.717) is 0 Å². The maximum atomic E-state index is 14.1. The van der Waals surface area contributed by atoms with Crippen molar-refractivity contribution >= 4 is 28.9 Å². The lowest BCUT2D eigenvalue weighted by atomic mass is 10.2. The number of para-hydroxylation sites is 1. The molecule has 0 unspecified atom stereocenters. The highest BCUT2D eigenvalue weighted by Gasteiger charge is 2.26. The Bertz CT molecular complexity index is 730. The molecule has 0 N–H and O–H groups in total. The summed E-state index contributed by atoms with van der Waals surface area (Å²) in [5.74, 6) is -1.71. The van der Waals surface area contributed by atoms with Gasteiger partial charge in [-0.25, -0.2) is 9.37 Å². The number of ether oxygens (including phenoxy) is 1. The maximum Gasteiger partial charge on any atom is 0.326 e. The quantitative estimate of drug-likeness (QED) is 0.787. The number of benzene rings is 1. The number of hydrogen-bond donors (Lipinski definition) is 0. The normalized spacial score (nSPS) is 10.4. The molecule has 23 heavy (non-hydrogen) atoms. The van der Waals surface area contributed by atoms with Crippen molar-refractivity contribution in [2.75, 3.05) is 18.1 Å². The maximum absolute atomic E-state index is 14.1. The number of amides is 1. The van der Waals surface area contributed by atoms with Gasteiger partial charge in [-0.2, -0.15) is 0 Å². The smallest absolute Gasteiger partial charge is 0.326 e. The lowest BCUT2D eigenvalue weighted by molar-refractivity contribution is -0.141. The van der Waals surface area contributed by atoms with E-state index in [9.17, 15) is 14.0 Å². The van der Waals surface area contributed by atoms with Crippen LogP contribution in [0.3, 0.4) is 0 Å². The van der Waals surface area contributed by atoms with Crippen molar-refractivity contribution in [1.82, 2.24) is 4.98 Å². The minimum atomic E-state index is -0.603. The van der Waals surface area contributed by atoms with E-state index in [4.69, 9.17) is 4.74 Å². The summed E-state index contributed by atoms with van der Waals surface area (Å²) < 4.78 is 19.0. The number of rotatable bonds is 5. The van der Waals surface area contributed by atoms with Gasteiger partial charge in [-0.15, -0.1) is 11.3 Å². The molecular weight excluding hydrogens is 319 g/mol. The molecule has 1 heterocycles. The SMILES string of the molecule is CCOC(=O)CN(C(=O)c1nc(C)sc1C)c1ccccc1F. The van der Waals surface area contributed by atoms with E-state index in [1.807, 2.05) is 0 Å². The zero-order valence-electron chi connectivity index (χ0n) is 13.1. The van der Waals surface area contributed by atoms with Gasteiger partial charge in [-0.1, -0.05) is 12.1 Å². The van der Waals surface area contributed by atoms with Crippen LogP contribution in [0.1, 0.15) is 27.3 Å². The van der Waals surface area contributed by atoms with Gasteiger partial charge in [-0.3, -0.25) is 14.5 Å². The molecule has 122 valence electrons. The van der Waals surface area contributed by atoms with E-state index in [0.717, 1.165) is 14.8 Å². The number of hydrogen-bond acceptors (Lipinski definition) is 5. The highest BCUT2D eigenvalue weighted by atomic mass is 32.1. The second-order valence-electron chi connectivity index (χ2n) is 4.79. The molecular formula is C16H17FN2O3S. The Balaban J connectivity index is 2.41. The number of esters is 1. The highest BCUT2D eigenvalue weighted by molar-refractivity contribution is 7.11. The summed E-state index contributed by atoms with van der Waals surface area (Å²) in [5.41, 5.74) is 0.246. The Kier molecular flexibility index (Phi) is 5.44. The molecule has 0 fully saturated rings. The summed E-state index contributed by atoms with van der Waals surface area (Å²) in [6.07, 6.45) is 0. The molecule has 7 heteroatoms. The van der Waals surface area contributed by atoms with Crippen LogP contribution in [0.4, 0.5) is 10.1 Å². The van der Waals surface area contributed by atoms with E-state index in [2.05, 4.69) is 4.98 Å². The van der Waals surface area contributed by atoms with Crippen LogP contribution in [-0.2, 0) is 9.53 Å². The Labute approximate surface area is 137 Å². The Hall–Kier alpha value is -2.28. The van der Waals surface area contributed by atoms with E-state index in [1.165, 1.54) is 29.5 Å². The van der Waals surface area contributed by atoms with Crippen LogP contribution in [0.25, 0.3) is 0 Å². The third-order valence-corrected chi connectivity index (χ3v) is 3.97. The van der Waals surface area contributed by atoms with Gasteiger partial charge in [0.05, 0.1) is 17.3 Å². The zero-order valence-corrected chi connectivity index (χ0v) is 13.9. The third-order valence-electron chi connectivity index (χ3n) is 3.09. The van der Waals surface area contributed by atoms with Crippen LogP contribution in [0.2, 0.25) is 0 Å². The molecule has 1 aromatic carbocycles. The van der Waals surface area contributed by atoms with Crippen LogP contribution < -0.4 is 4.90 Å². The molecule has 2 aromatic rings. The van der Waals surface area contributed by atoms with Gasteiger partial charge < -0.3 is 4.74 Å². The van der Waals surface area contributed by atoms with Crippen molar-refractivity contribution < 1.29 is 18.7 Å². The van der Waals surface area contributed by atoms with Gasteiger partial charge in [0, 0.05) is 4.88 Å². The van der Waals surface area contributed by atoms with Crippen molar-refractivity contribution in [1.29, 1.82) is 0 Å². The average Bonchev–Trinajstić information content (AvgIpc) is 2.84. The van der Waals surface area contributed by atoms with Gasteiger partial charge in [0.25, 0.3) is 5.91 Å². The van der Waals surface area contributed by atoms with Crippen molar-refractivity contribution in [3.05, 3.63) is 45.7 Å². The van der Waals surface area contributed by atoms with E-state index in [-0.39, 0.29) is 24.5 Å². The largest absolute Gasteiger partial charge is 0.465 e. The summed E-state index contributed by atoms with van der Waals surface area (Å²) in [6, 6.07) is 5.80. The molecule has 0 aliphatic rings. The number of aryl methyl sites for hydroxylation is 2. The predicted molar refractivity (Wildman–Crippen MR) is 86.3 cm³/mol. The van der Waals surface area contributed by atoms with Crippen molar-refractivity contribution in [3.63, 3.8) is 0 Å². The fourth-order valence-electron chi connectivity index (χ4n) is 2.13. The third kappa shape index (κ3) is 3.92. The lowest BCUT2D eigenvalue weighted by Gasteiger charge is -2.21. The second-order valence-corrected chi connectivity index (χ2v) is 6.19. The molecule has 0 spiro atoms. The predicted octanol–water partition coefficient (Wildman–Crippen LogP) is 3.11. The Morgan fingerprint density at radius 1 is 1.30 bits per heavy atom. The average molecular weight is 336 g/mol. The molecule has 1 aromatic heterocycles. The highest BCUT2D eigenvalue weighted by Crippen LogP contribution is 2.24. The number of nitrogens with zero attached hydrogens (tertiary/aromatic N) is 2. The number of halogens is 1. The fraction of sp³-hybridized carbons (Fsp3) is 0.312. The van der Waals surface area contributed by atoms with Gasteiger partial charge >= 0.3 is 5.97 Å². The van der Waals surface area contributed by atoms with Crippen molar-refractivity contribution in [3.8, 4) is 0 Å². The van der Waals surface area contributed by atoms with E-state index < -0.39 is 17.7 Å². The summed E-state index contributed by atoms with van der Waals surface area (Å²) in [5, 5.41) is 0.732. The van der Waals surface area contributed by atoms with Gasteiger partial charge in [0.15, 0.2) is 0 Å². The van der Waals surface area contributed by atoms with E-state index in [1.54, 1.807) is 26.8 Å². The summed E-state index contributed by atoms with van der Waals surface area (Å²) >= 11 is 1.37. The first-order valence-corrected chi connectivity index (χ1v) is 7.91. The molecule has 0 radical (unpaired) electrons. The first-order valence-electron chi connectivity index (χ1n) is 7.10. The molecule has 0 bridgehead atoms. The van der Waals surface area contributed by atoms with Crippen LogP contribution in [0, 0.1) is 19.7 Å². The molecule has 1 amide bonds. The Morgan fingerprint density at radius 3 is 2.57 bits per heavy atom. The molecule has 0 saturated carbocycles. The second kappa shape index (κ2) is 7.32. The first kappa shape index (κ1) is 17.1. The van der Waals surface area contributed by atoms with Crippen molar-refractivity contribution in [2.24, 2.45) is 0 Å². The lowest BCUT2D eigenvalue weighted by Crippen LogP contribution is -2.37. The number of carbonyl (C=O) groups excluding carboxylic acids is 2. The molecule has 0 saturated heterocycles. The monoisotopic (exact) mass is 336 g/mol. The molecule has 2 rings (SSSR count). The fourth-order valence-corrected chi connectivity index (χ4v) is 2.94. The van der Waals surface area contributed by atoms with E-state index >= 15 is 0 Å². The molecule has 0 aliphatic carbocycles. The summed E-state index contributed by atoms with van der Waals surface area (Å²) in [4.78, 5) is 30.6. The first-order chi connectivity index (χ1) is 10.9. The number of carbonyl (C=O) groups is 2.